The smallest absolute Gasteiger partial charge is 0.0113 e. The Hall–Kier alpha value is -0.820. The first kappa shape index (κ1) is 15.1. The maximum absolute atomic E-state index is 4.06. The zero-order valence-corrected chi connectivity index (χ0v) is 13.9. The van der Waals surface area contributed by atoms with Gasteiger partial charge in [0, 0.05) is 12.1 Å². The third-order valence-corrected chi connectivity index (χ3v) is 5.82. The highest BCUT2D eigenvalue weighted by Crippen LogP contribution is 2.34. The molecular formula is C20H31N. The van der Waals surface area contributed by atoms with Gasteiger partial charge in [-0.15, -0.1) is 0 Å². The normalized spacial score (nSPS) is 33.0. The molecule has 116 valence electrons. The van der Waals surface area contributed by atoms with Crippen LogP contribution in [0.3, 0.4) is 0 Å². The van der Waals surface area contributed by atoms with Gasteiger partial charge < -0.3 is 5.32 Å². The summed E-state index contributed by atoms with van der Waals surface area (Å²) < 4.78 is 0. The second kappa shape index (κ2) is 6.52. The van der Waals surface area contributed by atoms with Crippen molar-refractivity contribution in [2.75, 3.05) is 0 Å². The van der Waals surface area contributed by atoms with Gasteiger partial charge >= 0.3 is 0 Å². The first-order valence-corrected chi connectivity index (χ1v) is 8.96. The molecule has 0 amide bonds. The third-order valence-electron chi connectivity index (χ3n) is 5.82. The van der Waals surface area contributed by atoms with E-state index in [0.29, 0.717) is 6.04 Å². The summed E-state index contributed by atoms with van der Waals surface area (Å²) in [7, 11) is 0. The Morgan fingerprint density at radius 1 is 1.05 bits per heavy atom. The van der Waals surface area contributed by atoms with Gasteiger partial charge in [0.15, 0.2) is 0 Å². The van der Waals surface area contributed by atoms with E-state index in [0.717, 1.165) is 23.8 Å². The Morgan fingerprint density at radius 3 is 2.57 bits per heavy atom. The van der Waals surface area contributed by atoms with Crippen LogP contribution in [0, 0.1) is 17.8 Å². The third kappa shape index (κ3) is 3.51. The van der Waals surface area contributed by atoms with Crippen LogP contribution in [0.25, 0.3) is 0 Å². The van der Waals surface area contributed by atoms with Gasteiger partial charge in [-0.05, 0) is 61.0 Å². The van der Waals surface area contributed by atoms with Crippen molar-refractivity contribution in [3.05, 3.63) is 35.4 Å². The van der Waals surface area contributed by atoms with Crippen LogP contribution in [0.1, 0.15) is 57.6 Å². The zero-order valence-electron chi connectivity index (χ0n) is 13.9. The Labute approximate surface area is 130 Å². The summed E-state index contributed by atoms with van der Waals surface area (Å²) in [5, 5.41) is 4.06. The Balaban J connectivity index is 1.65. The zero-order chi connectivity index (χ0) is 14.8. The van der Waals surface area contributed by atoms with E-state index >= 15 is 0 Å². The molecule has 4 unspecified atom stereocenters. The van der Waals surface area contributed by atoms with Gasteiger partial charge in [0.1, 0.15) is 0 Å². The van der Waals surface area contributed by atoms with Crippen molar-refractivity contribution in [3.8, 4) is 0 Å². The lowest BCUT2D eigenvalue weighted by Crippen LogP contribution is -2.49. The maximum Gasteiger partial charge on any atom is 0.0113 e. The SMILES string of the molecule is CC1CCC(C(C)C)C(NC2CCc3ccccc3C2)C1. The van der Waals surface area contributed by atoms with Gasteiger partial charge in [0.05, 0.1) is 0 Å². The van der Waals surface area contributed by atoms with Crippen molar-refractivity contribution in [2.24, 2.45) is 17.8 Å². The molecule has 1 nitrogen and oxygen atoms in total. The minimum Gasteiger partial charge on any atom is -0.311 e. The van der Waals surface area contributed by atoms with E-state index in [4.69, 9.17) is 0 Å². The van der Waals surface area contributed by atoms with Crippen LogP contribution < -0.4 is 5.32 Å². The molecule has 1 heteroatoms. The second-order valence-corrected chi connectivity index (χ2v) is 7.81. The predicted molar refractivity (Wildman–Crippen MR) is 90.5 cm³/mol. The minimum absolute atomic E-state index is 0.691. The van der Waals surface area contributed by atoms with Gasteiger partial charge in [-0.25, -0.2) is 0 Å². The molecule has 0 radical (unpaired) electrons. The molecule has 0 aromatic heterocycles. The van der Waals surface area contributed by atoms with Crippen LogP contribution in [0.15, 0.2) is 24.3 Å². The molecule has 0 spiro atoms. The Morgan fingerprint density at radius 2 is 1.81 bits per heavy atom. The molecule has 0 aliphatic heterocycles. The van der Waals surface area contributed by atoms with Crippen molar-refractivity contribution >= 4 is 0 Å². The summed E-state index contributed by atoms with van der Waals surface area (Å²) in [5.74, 6) is 2.58. The molecule has 0 heterocycles. The summed E-state index contributed by atoms with van der Waals surface area (Å²) >= 11 is 0. The van der Waals surface area contributed by atoms with Crippen LogP contribution in [0.5, 0.6) is 0 Å². The van der Waals surface area contributed by atoms with Gasteiger partial charge in [-0.2, -0.15) is 0 Å². The number of benzene rings is 1. The summed E-state index contributed by atoms with van der Waals surface area (Å²) in [6, 6.07) is 10.4. The monoisotopic (exact) mass is 285 g/mol. The number of hydrogen-bond acceptors (Lipinski definition) is 1. The van der Waals surface area contributed by atoms with Gasteiger partial charge in [-0.3, -0.25) is 0 Å². The van der Waals surface area contributed by atoms with Gasteiger partial charge in [0.2, 0.25) is 0 Å². The molecule has 4 atom stereocenters. The maximum atomic E-state index is 4.06. The Kier molecular flexibility index (Phi) is 4.69. The first-order chi connectivity index (χ1) is 10.1. The average molecular weight is 285 g/mol. The molecule has 2 aliphatic rings. The quantitative estimate of drug-likeness (QED) is 0.856. The van der Waals surface area contributed by atoms with E-state index < -0.39 is 0 Å². The molecule has 1 aromatic rings. The molecule has 1 aromatic carbocycles. The van der Waals surface area contributed by atoms with Crippen molar-refractivity contribution < 1.29 is 0 Å². The largest absolute Gasteiger partial charge is 0.311 e. The lowest BCUT2D eigenvalue weighted by molar-refractivity contribution is 0.156. The van der Waals surface area contributed by atoms with Crippen LogP contribution in [-0.2, 0) is 12.8 Å². The van der Waals surface area contributed by atoms with E-state index in [2.05, 4.69) is 50.4 Å². The molecule has 2 aliphatic carbocycles. The van der Waals surface area contributed by atoms with Crippen molar-refractivity contribution in [1.29, 1.82) is 0 Å². The predicted octanol–water partition coefficient (Wildman–Crippen LogP) is 4.59. The molecule has 21 heavy (non-hydrogen) atoms. The molecule has 0 saturated heterocycles. The molecule has 1 saturated carbocycles. The fourth-order valence-electron chi connectivity index (χ4n) is 4.54. The highest BCUT2D eigenvalue weighted by atomic mass is 15.0. The number of aryl methyl sites for hydroxylation is 1. The number of hydrogen-bond donors (Lipinski definition) is 1. The van der Waals surface area contributed by atoms with Crippen LogP contribution in [0.2, 0.25) is 0 Å². The minimum atomic E-state index is 0.691. The summed E-state index contributed by atoms with van der Waals surface area (Å²) in [6.07, 6.45) is 8.01. The summed E-state index contributed by atoms with van der Waals surface area (Å²) in [6.45, 7) is 7.25. The van der Waals surface area contributed by atoms with Crippen molar-refractivity contribution in [1.82, 2.24) is 5.32 Å². The second-order valence-electron chi connectivity index (χ2n) is 7.81. The fourth-order valence-corrected chi connectivity index (χ4v) is 4.54. The fraction of sp³-hybridized carbons (Fsp3) is 0.700. The molecule has 1 fully saturated rings. The van der Waals surface area contributed by atoms with E-state index in [1.54, 1.807) is 11.1 Å². The van der Waals surface area contributed by atoms with Crippen molar-refractivity contribution in [3.63, 3.8) is 0 Å². The topological polar surface area (TPSA) is 12.0 Å². The van der Waals surface area contributed by atoms with Gasteiger partial charge in [0.25, 0.3) is 0 Å². The standard InChI is InChI=1S/C20H31N/c1-14(2)19-11-8-15(3)12-20(19)21-18-10-9-16-6-4-5-7-17(16)13-18/h4-7,14-15,18-21H,8-13H2,1-3H3. The number of nitrogens with one attached hydrogen (secondary N) is 1. The van der Waals surface area contributed by atoms with E-state index in [1.807, 2.05) is 0 Å². The molecular weight excluding hydrogens is 254 g/mol. The lowest BCUT2D eigenvalue weighted by Gasteiger charge is -2.41. The Bertz CT molecular complexity index is 465. The molecule has 3 rings (SSSR count). The first-order valence-electron chi connectivity index (χ1n) is 8.96. The highest BCUT2D eigenvalue weighted by molar-refractivity contribution is 5.30. The van der Waals surface area contributed by atoms with E-state index in [9.17, 15) is 0 Å². The van der Waals surface area contributed by atoms with Crippen LogP contribution in [0.4, 0.5) is 0 Å². The number of rotatable bonds is 3. The lowest BCUT2D eigenvalue weighted by atomic mass is 9.73. The van der Waals surface area contributed by atoms with Crippen LogP contribution >= 0.6 is 0 Å². The van der Waals surface area contributed by atoms with E-state index in [-0.39, 0.29) is 0 Å². The summed E-state index contributed by atoms with van der Waals surface area (Å²) in [4.78, 5) is 0. The molecule has 0 bridgehead atoms. The average Bonchev–Trinajstić information content (AvgIpc) is 2.47. The van der Waals surface area contributed by atoms with E-state index in [1.165, 1.54) is 38.5 Å². The number of fused-ring (bicyclic) bond motifs is 1. The summed E-state index contributed by atoms with van der Waals surface area (Å²) in [5.41, 5.74) is 3.15. The van der Waals surface area contributed by atoms with Crippen LogP contribution in [-0.4, -0.2) is 12.1 Å². The van der Waals surface area contributed by atoms with Gasteiger partial charge in [-0.1, -0.05) is 51.5 Å². The van der Waals surface area contributed by atoms with Crippen molar-refractivity contribution in [2.45, 2.75) is 71.4 Å². The highest BCUT2D eigenvalue weighted by Gasteiger charge is 2.32. The molecule has 1 N–H and O–H groups in total.